The second kappa shape index (κ2) is 9.85. The van der Waals surface area contributed by atoms with E-state index in [0.717, 1.165) is 24.3 Å². The first-order valence-corrected chi connectivity index (χ1v) is 10.9. The SMILES string of the molecule is CC(C)CCc1cc(C(c2ccc(O)c(CCC(C)C)c2)(C(F)(F)F)C(F)(F)F)ccc1O. The van der Waals surface area contributed by atoms with Crippen LogP contribution < -0.4 is 0 Å². The molecule has 2 aromatic carbocycles. The predicted octanol–water partition coefficient (Wildman–Crippen LogP) is 7.69. The van der Waals surface area contributed by atoms with Crippen molar-refractivity contribution in [1.29, 1.82) is 0 Å². The largest absolute Gasteiger partial charge is 0.508 e. The summed E-state index contributed by atoms with van der Waals surface area (Å²) in [4.78, 5) is 0. The summed E-state index contributed by atoms with van der Waals surface area (Å²) in [5.74, 6) is -0.408. The van der Waals surface area contributed by atoms with Crippen molar-refractivity contribution in [2.24, 2.45) is 11.8 Å². The van der Waals surface area contributed by atoms with Crippen LogP contribution in [0.3, 0.4) is 0 Å². The van der Waals surface area contributed by atoms with Crippen molar-refractivity contribution in [3.8, 4) is 11.5 Å². The molecule has 184 valence electrons. The van der Waals surface area contributed by atoms with Crippen LogP contribution in [-0.4, -0.2) is 22.6 Å². The fraction of sp³-hybridized carbons (Fsp3) is 0.520. The average molecular weight is 477 g/mol. The van der Waals surface area contributed by atoms with Crippen LogP contribution in [0.25, 0.3) is 0 Å². The van der Waals surface area contributed by atoms with Gasteiger partial charge in [-0.1, -0.05) is 52.0 Å². The zero-order chi connectivity index (χ0) is 25.2. The first-order chi connectivity index (χ1) is 15.1. The van der Waals surface area contributed by atoms with Gasteiger partial charge in [0.1, 0.15) is 11.5 Å². The molecule has 0 aliphatic carbocycles. The van der Waals surface area contributed by atoms with E-state index in [1.165, 1.54) is 0 Å². The first-order valence-electron chi connectivity index (χ1n) is 10.9. The van der Waals surface area contributed by atoms with Crippen LogP contribution in [0, 0.1) is 11.8 Å². The van der Waals surface area contributed by atoms with E-state index < -0.39 is 28.9 Å². The molecule has 0 aliphatic rings. The Balaban J connectivity index is 2.81. The van der Waals surface area contributed by atoms with Crippen LogP contribution in [0.4, 0.5) is 26.3 Å². The van der Waals surface area contributed by atoms with Crippen LogP contribution >= 0.6 is 0 Å². The lowest BCUT2D eigenvalue weighted by Gasteiger charge is -2.39. The molecule has 0 aromatic heterocycles. The second-order valence-electron chi connectivity index (χ2n) is 9.30. The number of alkyl halides is 6. The maximum atomic E-state index is 14.5. The monoisotopic (exact) mass is 476 g/mol. The Morgan fingerprint density at radius 2 is 0.970 bits per heavy atom. The standard InChI is InChI=1S/C25H30F6O2/c1-15(2)5-7-17-13-19(9-11-21(17)32)23(24(26,27)28,25(29,30)31)20-10-12-22(33)18(14-20)8-6-16(3)4/h9-16,32-33H,5-8H2,1-4H3. The first kappa shape index (κ1) is 26.9. The molecule has 2 N–H and O–H groups in total. The maximum absolute atomic E-state index is 14.5. The van der Waals surface area contributed by atoms with E-state index in [9.17, 15) is 36.6 Å². The fourth-order valence-corrected chi connectivity index (χ4v) is 3.91. The van der Waals surface area contributed by atoms with Crippen LogP contribution in [0.1, 0.15) is 62.8 Å². The summed E-state index contributed by atoms with van der Waals surface area (Å²) in [6.45, 7) is 7.47. The molecular weight excluding hydrogens is 446 g/mol. The van der Waals surface area contributed by atoms with Crippen molar-refractivity contribution < 1.29 is 36.6 Å². The Hall–Kier alpha value is -2.38. The summed E-state index contributed by atoms with van der Waals surface area (Å²) >= 11 is 0. The third-order valence-corrected chi connectivity index (χ3v) is 5.86. The lowest BCUT2D eigenvalue weighted by atomic mass is 9.71. The molecule has 2 nitrogen and oxygen atoms in total. The Morgan fingerprint density at radius 1 is 0.636 bits per heavy atom. The highest BCUT2D eigenvalue weighted by molar-refractivity contribution is 5.51. The smallest absolute Gasteiger partial charge is 0.411 e. The van der Waals surface area contributed by atoms with Gasteiger partial charge in [-0.2, -0.15) is 26.3 Å². The van der Waals surface area contributed by atoms with Crippen molar-refractivity contribution in [1.82, 2.24) is 0 Å². The number of aryl methyl sites for hydroxylation is 2. The summed E-state index contributed by atoms with van der Waals surface area (Å²) < 4.78 is 86.9. The van der Waals surface area contributed by atoms with Crippen LogP contribution in [0.15, 0.2) is 36.4 Å². The van der Waals surface area contributed by atoms with E-state index in [2.05, 4.69) is 0 Å². The zero-order valence-corrected chi connectivity index (χ0v) is 19.1. The minimum Gasteiger partial charge on any atom is -0.508 e. The lowest BCUT2D eigenvalue weighted by molar-refractivity contribution is -0.288. The molecule has 0 unspecified atom stereocenters. The summed E-state index contributed by atoms with van der Waals surface area (Å²) in [5.41, 5.74) is -6.30. The van der Waals surface area contributed by atoms with Gasteiger partial charge in [0.15, 0.2) is 0 Å². The molecule has 0 saturated heterocycles. The molecule has 33 heavy (non-hydrogen) atoms. The number of halogens is 6. The van der Waals surface area contributed by atoms with Crippen molar-refractivity contribution in [2.45, 2.75) is 71.1 Å². The Kier molecular flexibility index (Phi) is 8.02. The topological polar surface area (TPSA) is 40.5 Å². The molecule has 0 saturated carbocycles. The number of benzene rings is 2. The van der Waals surface area contributed by atoms with Gasteiger partial charge in [-0.25, -0.2) is 0 Å². The van der Waals surface area contributed by atoms with Gasteiger partial charge in [-0.05, 0) is 71.9 Å². The summed E-state index contributed by atoms with van der Waals surface area (Å²) in [6.07, 6.45) is -10.2. The van der Waals surface area contributed by atoms with Gasteiger partial charge < -0.3 is 10.2 Å². The second-order valence-corrected chi connectivity index (χ2v) is 9.30. The van der Waals surface area contributed by atoms with Crippen LogP contribution in [0.2, 0.25) is 0 Å². The molecule has 0 heterocycles. The normalized spacial score (nSPS) is 13.2. The Labute approximate surface area is 190 Å². The minimum absolute atomic E-state index is 0.0258. The summed E-state index contributed by atoms with van der Waals surface area (Å²) in [5, 5.41) is 20.2. The number of hydrogen-bond donors (Lipinski definition) is 2. The fourth-order valence-electron chi connectivity index (χ4n) is 3.91. The van der Waals surface area contributed by atoms with Gasteiger partial charge in [0.2, 0.25) is 5.41 Å². The van der Waals surface area contributed by atoms with E-state index in [0.29, 0.717) is 25.0 Å². The highest BCUT2D eigenvalue weighted by Gasteiger charge is 2.72. The van der Waals surface area contributed by atoms with Crippen LogP contribution in [-0.2, 0) is 18.3 Å². The van der Waals surface area contributed by atoms with Gasteiger partial charge in [-0.3, -0.25) is 0 Å². The Bertz CT molecular complexity index is 867. The molecule has 0 aliphatic heterocycles. The molecule has 0 spiro atoms. The van der Waals surface area contributed by atoms with E-state index in [1.54, 1.807) is 0 Å². The van der Waals surface area contributed by atoms with Gasteiger partial charge in [0.25, 0.3) is 0 Å². The Morgan fingerprint density at radius 3 is 1.24 bits per heavy atom. The minimum atomic E-state index is -5.73. The summed E-state index contributed by atoms with van der Waals surface area (Å²) in [6, 6.07) is 4.74. The molecule has 2 aromatic rings. The van der Waals surface area contributed by atoms with Crippen molar-refractivity contribution >= 4 is 0 Å². The predicted molar refractivity (Wildman–Crippen MR) is 115 cm³/mol. The molecule has 0 bridgehead atoms. The maximum Gasteiger partial charge on any atom is 0.411 e. The van der Waals surface area contributed by atoms with Crippen molar-refractivity contribution in [3.63, 3.8) is 0 Å². The van der Waals surface area contributed by atoms with E-state index >= 15 is 0 Å². The van der Waals surface area contributed by atoms with E-state index in [4.69, 9.17) is 0 Å². The number of rotatable bonds is 8. The third kappa shape index (κ3) is 5.58. The van der Waals surface area contributed by atoms with Gasteiger partial charge in [-0.15, -0.1) is 0 Å². The van der Waals surface area contributed by atoms with Crippen molar-refractivity contribution in [2.75, 3.05) is 0 Å². The van der Waals surface area contributed by atoms with E-state index in [1.807, 2.05) is 27.7 Å². The molecule has 2 rings (SSSR count). The highest BCUT2D eigenvalue weighted by Crippen LogP contribution is 2.57. The van der Waals surface area contributed by atoms with Crippen molar-refractivity contribution in [3.05, 3.63) is 58.7 Å². The lowest BCUT2D eigenvalue weighted by Crippen LogP contribution is -2.54. The molecule has 0 amide bonds. The number of aromatic hydroxyl groups is 2. The quantitative estimate of drug-likeness (QED) is 0.384. The summed E-state index contributed by atoms with van der Waals surface area (Å²) in [7, 11) is 0. The number of phenols is 2. The molecular formula is C25H30F6O2. The third-order valence-electron chi connectivity index (χ3n) is 5.86. The zero-order valence-electron chi connectivity index (χ0n) is 19.1. The van der Waals surface area contributed by atoms with Gasteiger partial charge in [0.05, 0.1) is 0 Å². The van der Waals surface area contributed by atoms with Gasteiger partial charge in [0, 0.05) is 0 Å². The molecule has 0 radical (unpaired) electrons. The van der Waals surface area contributed by atoms with Gasteiger partial charge >= 0.3 is 12.4 Å². The molecule has 8 heteroatoms. The molecule has 0 atom stereocenters. The highest BCUT2D eigenvalue weighted by atomic mass is 19.4. The molecule has 0 fully saturated rings. The number of hydrogen-bond acceptors (Lipinski definition) is 2. The number of phenolic OH excluding ortho intramolecular Hbond substituents is 2. The van der Waals surface area contributed by atoms with Crippen LogP contribution in [0.5, 0.6) is 11.5 Å². The average Bonchev–Trinajstić information content (AvgIpc) is 2.66. The van der Waals surface area contributed by atoms with E-state index in [-0.39, 0.29) is 47.3 Å².